The molecule has 166 valence electrons. The van der Waals surface area contributed by atoms with Crippen molar-refractivity contribution in [3.63, 3.8) is 0 Å². The number of hydrogen-bond acceptors (Lipinski definition) is 6. The molecule has 29 heavy (non-hydrogen) atoms. The molecule has 3 rings (SSSR count). The molecule has 0 amide bonds. The van der Waals surface area contributed by atoms with Crippen LogP contribution in [-0.2, 0) is 26.1 Å². The number of hydrogen-bond donors (Lipinski definition) is 2. The summed E-state index contributed by atoms with van der Waals surface area (Å²) in [6, 6.07) is 2.18. The van der Waals surface area contributed by atoms with Crippen LogP contribution in [0.4, 0.5) is 13.2 Å². The molecule has 0 bridgehead atoms. The number of nitrogens with zero attached hydrogens (tertiary/aromatic N) is 1. The highest BCUT2D eigenvalue weighted by molar-refractivity contribution is 7.88. The molecule has 2 saturated heterocycles. The third-order valence-corrected chi connectivity index (χ3v) is 6.20. The molecule has 0 radical (unpaired) electrons. The molecule has 2 aliphatic heterocycles. The molecule has 0 saturated carbocycles. The minimum atomic E-state index is -5.08. The summed E-state index contributed by atoms with van der Waals surface area (Å²) in [4.78, 5) is 11.3. The molecule has 1 aromatic rings. The van der Waals surface area contributed by atoms with Gasteiger partial charge in [0.15, 0.2) is 0 Å². The van der Waals surface area contributed by atoms with Crippen molar-refractivity contribution in [3.8, 4) is 0 Å². The molecule has 12 heteroatoms. The summed E-state index contributed by atoms with van der Waals surface area (Å²) in [5.74, 6) is -2.76. The smallest absolute Gasteiger partial charge is 0.475 e. The monoisotopic (exact) mass is 458 g/mol. The molecule has 2 aliphatic rings. The van der Waals surface area contributed by atoms with Crippen LogP contribution in [0.15, 0.2) is 16.8 Å². The van der Waals surface area contributed by atoms with Crippen LogP contribution in [-0.4, -0.2) is 68.2 Å². The first-order chi connectivity index (χ1) is 13.4. The zero-order chi connectivity index (χ0) is 21.7. The second-order valence-corrected chi connectivity index (χ2v) is 9.94. The first-order valence-corrected chi connectivity index (χ1v) is 11.9. The lowest BCUT2D eigenvalue weighted by molar-refractivity contribution is -0.192. The van der Waals surface area contributed by atoms with Gasteiger partial charge in [0.2, 0.25) is 10.0 Å². The largest absolute Gasteiger partial charge is 0.490 e. The van der Waals surface area contributed by atoms with Gasteiger partial charge in [0.05, 0.1) is 18.0 Å². The summed E-state index contributed by atoms with van der Waals surface area (Å²) in [5.41, 5.74) is 1.30. The number of carboxylic acid groups (broad SMARTS) is 1. The number of aliphatic carboxylic acids is 1. The van der Waals surface area contributed by atoms with Crippen molar-refractivity contribution >= 4 is 27.3 Å². The lowest BCUT2D eigenvalue weighted by Gasteiger charge is -2.38. The highest BCUT2D eigenvalue weighted by atomic mass is 32.2. The van der Waals surface area contributed by atoms with E-state index < -0.39 is 22.2 Å². The lowest BCUT2D eigenvalue weighted by atomic mass is 9.90. The number of thiophene rings is 1. The van der Waals surface area contributed by atoms with Gasteiger partial charge in [-0.05, 0) is 48.1 Å². The van der Waals surface area contributed by atoms with Gasteiger partial charge in [-0.25, -0.2) is 17.9 Å². The van der Waals surface area contributed by atoms with Crippen LogP contribution >= 0.6 is 11.3 Å². The van der Waals surface area contributed by atoms with Crippen molar-refractivity contribution in [2.75, 3.05) is 25.9 Å². The third kappa shape index (κ3) is 8.21. The minimum Gasteiger partial charge on any atom is -0.475 e. The Morgan fingerprint density at radius 1 is 1.45 bits per heavy atom. The number of halogens is 3. The van der Waals surface area contributed by atoms with Crippen molar-refractivity contribution in [2.24, 2.45) is 0 Å². The number of rotatable bonds is 5. The van der Waals surface area contributed by atoms with Gasteiger partial charge < -0.3 is 9.84 Å². The molecule has 1 spiro atoms. The van der Waals surface area contributed by atoms with E-state index in [-0.39, 0.29) is 11.7 Å². The standard InChI is InChI=1S/C15H24N2O3S2.C2HF3O2/c1-22(18,19)16-9-14-3-2-5-15(20-14)6-7-17(12-15)10-13-4-8-21-11-13;3-2(4,5)1(6)7/h4,8,11,14,16H,2-3,5-7,9-10,12H2,1H3;(H,6,7)/t14-,15+;/m0./s1. The molecule has 2 atom stereocenters. The van der Waals surface area contributed by atoms with E-state index in [1.54, 1.807) is 11.3 Å². The summed E-state index contributed by atoms with van der Waals surface area (Å²) in [7, 11) is -3.14. The molecule has 2 fully saturated rings. The Bertz CT molecular complexity index is 771. The maximum absolute atomic E-state index is 11.2. The zero-order valence-corrected chi connectivity index (χ0v) is 17.6. The highest BCUT2D eigenvalue weighted by Gasteiger charge is 2.43. The fourth-order valence-corrected chi connectivity index (χ4v) is 4.66. The van der Waals surface area contributed by atoms with Gasteiger partial charge in [0, 0.05) is 26.2 Å². The molecule has 3 heterocycles. The maximum atomic E-state index is 11.2. The molecule has 2 N–H and O–H groups in total. The van der Waals surface area contributed by atoms with Crippen LogP contribution in [0, 0.1) is 0 Å². The Morgan fingerprint density at radius 3 is 2.69 bits per heavy atom. The van der Waals surface area contributed by atoms with Crippen molar-refractivity contribution in [2.45, 2.75) is 50.1 Å². The molecule has 0 aliphatic carbocycles. The Labute approximate surface area is 171 Å². The van der Waals surface area contributed by atoms with Crippen molar-refractivity contribution < 1.29 is 36.2 Å². The number of likely N-dealkylation sites (tertiary alicyclic amines) is 1. The fraction of sp³-hybridized carbons (Fsp3) is 0.706. The Hall–Kier alpha value is -1.21. The van der Waals surface area contributed by atoms with Gasteiger partial charge in [0.25, 0.3) is 0 Å². The van der Waals surface area contributed by atoms with Gasteiger partial charge in [-0.1, -0.05) is 0 Å². The summed E-state index contributed by atoms with van der Waals surface area (Å²) in [5, 5.41) is 11.4. The SMILES string of the molecule is CS(=O)(=O)NC[C@@H]1CCC[C@]2(CCN(Cc3ccsc3)C2)O1.O=C(O)C(F)(F)F. The van der Waals surface area contributed by atoms with Crippen LogP contribution < -0.4 is 4.72 Å². The van der Waals surface area contributed by atoms with Crippen LogP contribution in [0.2, 0.25) is 0 Å². The van der Waals surface area contributed by atoms with Crippen molar-refractivity contribution in [1.82, 2.24) is 9.62 Å². The van der Waals surface area contributed by atoms with E-state index in [2.05, 4.69) is 26.4 Å². The van der Waals surface area contributed by atoms with Crippen LogP contribution in [0.3, 0.4) is 0 Å². The van der Waals surface area contributed by atoms with Crippen molar-refractivity contribution in [1.29, 1.82) is 0 Å². The predicted octanol–water partition coefficient (Wildman–Crippen LogP) is 2.44. The molecule has 0 aromatic carbocycles. The molecular weight excluding hydrogens is 433 g/mol. The van der Waals surface area contributed by atoms with E-state index in [1.165, 1.54) is 11.8 Å². The second-order valence-electron chi connectivity index (χ2n) is 7.33. The first kappa shape index (κ1) is 24.1. The fourth-order valence-electron chi connectivity index (χ4n) is 3.51. The van der Waals surface area contributed by atoms with E-state index in [0.717, 1.165) is 45.3 Å². The Kier molecular flexibility index (Phi) is 8.08. The molecule has 0 unspecified atom stereocenters. The number of alkyl halides is 3. The van der Waals surface area contributed by atoms with E-state index in [0.29, 0.717) is 6.54 Å². The van der Waals surface area contributed by atoms with Crippen molar-refractivity contribution in [3.05, 3.63) is 22.4 Å². The van der Waals surface area contributed by atoms with E-state index in [1.807, 2.05) is 0 Å². The van der Waals surface area contributed by atoms with Crippen LogP contribution in [0.5, 0.6) is 0 Å². The number of nitrogens with one attached hydrogen (secondary N) is 1. The zero-order valence-electron chi connectivity index (χ0n) is 15.9. The quantitative estimate of drug-likeness (QED) is 0.704. The molecule has 1 aromatic heterocycles. The number of carbonyl (C=O) groups is 1. The summed E-state index contributed by atoms with van der Waals surface area (Å²) < 4.78 is 63.1. The third-order valence-electron chi connectivity index (χ3n) is 4.77. The lowest BCUT2D eigenvalue weighted by Crippen LogP contribution is -2.46. The second kappa shape index (κ2) is 9.73. The number of sulfonamides is 1. The number of carboxylic acids is 1. The molecular formula is C17H25F3N2O5S2. The number of ether oxygens (including phenoxy) is 1. The minimum absolute atomic E-state index is 0.00423. The Balaban J connectivity index is 0.000000370. The average Bonchev–Trinajstić information content (AvgIpc) is 3.23. The summed E-state index contributed by atoms with van der Waals surface area (Å²) in [6.45, 7) is 3.40. The Morgan fingerprint density at radius 2 is 2.14 bits per heavy atom. The maximum Gasteiger partial charge on any atom is 0.490 e. The first-order valence-electron chi connectivity index (χ1n) is 9.05. The van der Waals surface area contributed by atoms with Gasteiger partial charge in [0.1, 0.15) is 0 Å². The highest BCUT2D eigenvalue weighted by Crippen LogP contribution is 2.37. The topological polar surface area (TPSA) is 95.9 Å². The van der Waals surface area contributed by atoms with Gasteiger partial charge in [-0.15, -0.1) is 0 Å². The van der Waals surface area contributed by atoms with E-state index >= 15 is 0 Å². The van der Waals surface area contributed by atoms with E-state index in [9.17, 15) is 21.6 Å². The van der Waals surface area contributed by atoms with Gasteiger partial charge in [-0.3, -0.25) is 4.90 Å². The summed E-state index contributed by atoms with van der Waals surface area (Å²) >= 11 is 1.74. The normalized spacial score (nSPS) is 25.6. The van der Waals surface area contributed by atoms with Crippen LogP contribution in [0.25, 0.3) is 0 Å². The summed E-state index contributed by atoms with van der Waals surface area (Å²) in [6.07, 6.45) is 0.306. The van der Waals surface area contributed by atoms with Crippen LogP contribution in [0.1, 0.15) is 31.2 Å². The van der Waals surface area contributed by atoms with Gasteiger partial charge >= 0.3 is 12.1 Å². The average molecular weight is 459 g/mol. The predicted molar refractivity (Wildman–Crippen MR) is 102 cm³/mol. The molecule has 7 nitrogen and oxygen atoms in total. The van der Waals surface area contributed by atoms with Gasteiger partial charge in [-0.2, -0.15) is 24.5 Å². The van der Waals surface area contributed by atoms with E-state index in [4.69, 9.17) is 14.6 Å².